The van der Waals surface area contributed by atoms with E-state index in [1.54, 1.807) is 32.0 Å². The molecule has 0 aromatic heterocycles. The smallest absolute Gasteiger partial charge is 0.212 e. The first-order valence-corrected chi connectivity index (χ1v) is 7.87. The van der Waals surface area contributed by atoms with Gasteiger partial charge >= 0.3 is 0 Å². The van der Waals surface area contributed by atoms with Gasteiger partial charge in [0.25, 0.3) is 0 Å². The predicted octanol–water partition coefficient (Wildman–Crippen LogP) is 2.25. The van der Waals surface area contributed by atoms with Gasteiger partial charge in [0.05, 0.1) is 5.75 Å². The third-order valence-corrected chi connectivity index (χ3v) is 4.74. The van der Waals surface area contributed by atoms with Gasteiger partial charge in [-0.05, 0) is 30.5 Å². The molecule has 1 aromatic carbocycles. The van der Waals surface area contributed by atoms with Crippen LogP contribution < -0.4 is 4.72 Å². The summed E-state index contributed by atoms with van der Waals surface area (Å²) in [6.07, 6.45) is 0. The molecule has 0 spiro atoms. The molecule has 2 atom stereocenters. The number of halogens is 1. The topological polar surface area (TPSA) is 66.4 Å². The van der Waals surface area contributed by atoms with Gasteiger partial charge in [0, 0.05) is 11.9 Å². The van der Waals surface area contributed by atoms with Crippen LogP contribution in [0.4, 0.5) is 0 Å². The van der Waals surface area contributed by atoms with Gasteiger partial charge in [0.15, 0.2) is 0 Å². The zero-order valence-corrected chi connectivity index (χ0v) is 12.0. The summed E-state index contributed by atoms with van der Waals surface area (Å²) in [5, 5.41) is 9.35. The number of nitrogens with one attached hydrogen (secondary N) is 1. The monoisotopic (exact) mass is 291 g/mol. The first kappa shape index (κ1) is 15.3. The van der Waals surface area contributed by atoms with Crippen molar-refractivity contribution in [3.8, 4) is 5.75 Å². The molecule has 0 aliphatic heterocycles. The van der Waals surface area contributed by atoms with E-state index < -0.39 is 10.0 Å². The number of phenolic OH excluding ortho intramolecular Hbond substituents is 1. The highest BCUT2D eigenvalue weighted by Crippen LogP contribution is 2.18. The molecular formula is C12H18ClNO3S. The zero-order chi connectivity index (χ0) is 13.8. The summed E-state index contributed by atoms with van der Waals surface area (Å²) in [7, 11) is -3.37. The molecular weight excluding hydrogens is 274 g/mol. The SMILES string of the molecule is CC(CCl)CS(=O)(=O)NC(C)c1cccc(O)c1. The largest absolute Gasteiger partial charge is 0.508 e. The standard InChI is InChI=1S/C12H18ClNO3S/c1-9(7-13)8-18(16,17)14-10(2)11-4-3-5-12(15)6-11/h3-6,9-10,14-15H,7-8H2,1-2H3. The fourth-order valence-electron chi connectivity index (χ4n) is 1.60. The molecule has 0 radical (unpaired) electrons. The van der Waals surface area contributed by atoms with E-state index in [1.165, 1.54) is 6.07 Å². The van der Waals surface area contributed by atoms with Gasteiger partial charge in [-0.2, -0.15) is 0 Å². The lowest BCUT2D eigenvalue weighted by molar-refractivity contribution is 0.473. The molecule has 0 bridgehead atoms. The van der Waals surface area contributed by atoms with Gasteiger partial charge in [-0.1, -0.05) is 19.1 Å². The lowest BCUT2D eigenvalue weighted by Gasteiger charge is -2.16. The summed E-state index contributed by atoms with van der Waals surface area (Å²) in [6, 6.07) is 6.14. The average molecular weight is 292 g/mol. The Bertz CT molecular complexity index is 490. The Morgan fingerprint density at radius 2 is 2.06 bits per heavy atom. The third-order valence-electron chi connectivity index (χ3n) is 2.49. The van der Waals surface area contributed by atoms with Crippen LogP contribution >= 0.6 is 11.6 Å². The van der Waals surface area contributed by atoms with Crippen molar-refractivity contribution in [1.82, 2.24) is 4.72 Å². The molecule has 0 aliphatic rings. The second-order valence-corrected chi connectivity index (χ2v) is 6.58. The van der Waals surface area contributed by atoms with Crippen LogP contribution in [0, 0.1) is 5.92 Å². The Morgan fingerprint density at radius 3 is 2.61 bits per heavy atom. The quantitative estimate of drug-likeness (QED) is 0.790. The predicted molar refractivity (Wildman–Crippen MR) is 73.3 cm³/mol. The maximum Gasteiger partial charge on any atom is 0.212 e. The Hall–Kier alpha value is -0.780. The first-order valence-electron chi connectivity index (χ1n) is 5.69. The molecule has 0 amide bonds. The number of hydrogen-bond acceptors (Lipinski definition) is 3. The van der Waals surface area contributed by atoms with Crippen molar-refractivity contribution in [2.45, 2.75) is 19.9 Å². The first-order chi connectivity index (χ1) is 8.34. The van der Waals surface area contributed by atoms with Crippen molar-refractivity contribution < 1.29 is 13.5 Å². The maximum absolute atomic E-state index is 11.8. The van der Waals surface area contributed by atoms with Crippen LogP contribution in [-0.2, 0) is 10.0 Å². The Kier molecular flexibility index (Phi) is 5.44. The lowest BCUT2D eigenvalue weighted by Crippen LogP contribution is -2.31. The maximum atomic E-state index is 11.8. The van der Waals surface area contributed by atoms with Crippen molar-refractivity contribution in [2.75, 3.05) is 11.6 Å². The summed E-state index contributed by atoms with van der Waals surface area (Å²) in [5.41, 5.74) is 0.720. The van der Waals surface area contributed by atoms with Crippen LogP contribution in [0.15, 0.2) is 24.3 Å². The Labute approximate surface area is 113 Å². The highest BCUT2D eigenvalue weighted by atomic mass is 35.5. The minimum Gasteiger partial charge on any atom is -0.508 e. The van der Waals surface area contributed by atoms with Crippen molar-refractivity contribution in [1.29, 1.82) is 0 Å². The van der Waals surface area contributed by atoms with Crippen LogP contribution in [-0.4, -0.2) is 25.2 Å². The Balaban J connectivity index is 2.72. The third kappa shape index (κ3) is 4.84. The van der Waals surface area contributed by atoms with Crippen LogP contribution in [0.5, 0.6) is 5.75 Å². The van der Waals surface area contributed by atoms with Gasteiger partial charge in [-0.25, -0.2) is 13.1 Å². The Morgan fingerprint density at radius 1 is 1.39 bits per heavy atom. The zero-order valence-electron chi connectivity index (χ0n) is 10.4. The number of rotatable bonds is 6. The number of phenols is 1. The molecule has 0 fully saturated rings. The second-order valence-electron chi connectivity index (χ2n) is 4.48. The van der Waals surface area contributed by atoms with Gasteiger partial charge < -0.3 is 5.11 Å². The average Bonchev–Trinajstić information content (AvgIpc) is 2.27. The van der Waals surface area contributed by atoms with E-state index in [-0.39, 0.29) is 23.5 Å². The van der Waals surface area contributed by atoms with Crippen molar-refractivity contribution >= 4 is 21.6 Å². The number of hydrogen-bond donors (Lipinski definition) is 2. The molecule has 2 N–H and O–H groups in total. The van der Waals surface area contributed by atoms with Crippen molar-refractivity contribution in [2.24, 2.45) is 5.92 Å². The van der Waals surface area contributed by atoms with Crippen LogP contribution in [0.3, 0.4) is 0 Å². The molecule has 0 heterocycles. The minimum absolute atomic E-state index is 0.000342. The van der Waals surface area contributed by atoms with E-state index in [2.05, 4.69) is 4.72 Å². The summed E-state index contributed by atoms with van der Waals surface area (Å²) in [4.78, 5) is 0. The number of benzene rings is 1. The summed E-state index contributed by atoms with van der Waals surface area (Å²) >= 11 is 5.61. The van der Waals surface area contributed by atoms with Gasteiger partial charge in [-0.3, -0.25) is 0 Å². The molecule has 1 aromatic rings. The molecule has 0 saturated heterocycles. The van der Waals surface area contributed by atoms with Crippen LogP contribution in [0.25, 0.3) is 0 Å². The van der Waals surface area contributed by atoms with E-state index >= 15 is 0 Å². The lowest BCUT2D eigenvalue weighted by atomic mass is 10.1. The number of aromatic hydroxyl groups is 1. The van der Waals surface area contributed by atoms with Crippen molar-refractivity contribution in [3.05, 3.63) is 29.8 Å². The molecule has 102 valence electrons. The number of alkyl halides is 1. The van der Waals surface area contributed by atoms with Crippen molar-refractivity contribution in [3.63, 3.8) is 0 Å². The molecule has 18 heavy (non-hydrogen) atoms. The highest BCUT2D eigenvalue weighted by molar-refractivity contribution is 7.89. The second kappa shape index (κ2) is 6.41. The van der Waals surface area contributed by atoms with Gasteiger partial charge in [0.1, 0.15) is 5.75 Å². The molecule has 6 heteroatoms. The van der Waals surface area contributed by atoms with Gasteiger partial charge in [-0.15, -0.1) is 11.6 Å². The fourth-order valence-corrected chi connectivity index (χ4v) is 3.48. The van der Waals surface area contributed by atoms with E-state index in [9.17, 15) is 13.5 Å². The van der Waals surface area contributed by atoms with Crippen LogP contribution in [0.1, 0.15) is 25.5 Å². The van der Waals surface area contributed by atoms with Crippen LogP contribution in [0.2, 0.25) is 0 Å². The molecule has 1 rings (SSSR count). The summed E-state index contributed by atoms with van der Waals surface area (Å²) in [6.45, 7) is 3.52. The van der Waals surface area contributed by atoms with Gasteiger partial charge in [0.2, 0.25) is 10.0 Å². The molecule has 0 aliphatic carbocycles. The summed E-state index contributed by atoms with van der Waals surface area (Å²) in [5.74, 6) is 0.328. The molecule has 4 nitrogen and oxygen atoms in total. The normalized spacial score (nSPS) is 15.3. The molecule has 2 unspecified atom stereocenters. The van der Waals surface area contributed by atoms with E-state index in [0.717, 1.165) is 5.56 Å². The van der Waals surface area contributed by atoms with E-state index in [4.69, 9.17) is 11.6 Å². The fraction of sp³-hybridized carbons (Fsp3) is 0.500. The van der Waals surface area contributed by atoms with E-state index in [0.29, 0.717) is 5.88 Å². The minimum atomic E-state index is -3.37. The molecule has 0 saturated carbocycles. The summed E-state index contributed by atoms with van der Waals surface area (Å²) < 4.78 is 26.2. The number of sulfonamides is 1. The van der Waals surface area contributed by atoms with E-state index in [1.807, 2.05) is 0 Å². The highest BCUT2D eigenvalue weighted by Gasteiger charge is 2.18.